The summed E-state index contributed by atoms with van der Waals surface area (Å²) in [7, 11) is 0. The van der Waals surface area contributed by atoms with Crippen LogP contribution in [-0.2, 0) is 23.4 Å². The molecule has 0 aliphatic heterocycles. The zero-order valence-corrected chi connectivity index (χ0v) is 15.6. The van der Waals surface area contributed by atoms with Gasteiger partial charge in [-0.05, 0) is 23.3 Å². The third-order valence-corrected chi connectivity index (χ3v) is 4.12. The van der Waals surface area contributed by atoms with Crippen LogP contribution in [0, 0.1) is 0 Å². The van der Waals surface area contributed by atoms with Crippen molar-refractivity contribution in [1.29, 1.82) is 0 Å². The van der Waals surface area contributed by atoms with E-state index in [0.29, 0.717) is 12.1 Å². The van der Waals surface area contributed by atoms with Crippen LogP contribution in [0.15, 0.2) is 48.5 Å². The van der Waals surface area contributed by atoms with Crippen LogP contribution in [0.25, 0.3) is 0 Å². The monoisotopic (exact) mass is 477 g/mol. The average molecular weight is 477 g/mol. The Hall–Kier alpha value is -2.99. The smallest absolute Gasteiger partial charge is 0.406 e. The molecule has 0 aromatic heterocycles. The molecule has 0 radical (unpaired) electrons. The average Bonchev–Trinajstić information content (AvgIpc) is 2.63. The van der Waals surface area contributed by atoms with Gasteiger partial charge < -0.3 is 10.1 Å². The summed E-state index contributed by atoms with van der Waals surface area (Å²) < 4.78 is 131. The fourth-order valence-corrected chi connectivity index (χ4v) is 2.64. The van der Waals surface area contributed by atoms with E-state index in [4.69, 9.17) is 0 Å². The van der Waals surface area contributed by atoms with E-state index in [9.17, 15) is 48.7 Å². The number of hydrogen-bond donors (Lipinski definition) is 1. The Labute approximate surface area is 174 Å². The first-order chi connectivity index (χ1) is 14.5. The molecule has 0 aliphatic rings. The van der Waals surface area contributed by atoms with Gasteiger partial charge in [0.15, 0.2) is 0 Å². The zero-order chi connectivity index (χ0) is 24.4. The fourth-order valence-electron chi connectivity index (χ4n) is 2.64. The standard InChI is InChI=1S/C19H13F10NO2/c20-16(17(21,22)23,18(24,25)26)13-6-4-11(5-7-13)10-30-15(31)9-12-2-1-3-14(8-12)32-19(27,28)29/h1-8H,9-10H2,(H,30,31). The second kappa shape index (κ2) is 8.87. The summed E-state index contributed by atoms with van der Waals surface area (Å²) in [4.78, 5) is 11.9. The Morgan fingerprint density at radius 1 is 0.781 bits per heavy atom. The molecule has 0 heterocycles. The summed E-state index contributed by atoms with van der Waals surface area (Å²) >= 11 is 0. The molecule has 176 valence electrons. The van der Waals surface area contributed by atoms with Gasteiger partial charge in [-0.3, -0.25) is 4.79 Å². The second-order valence-corrected chi connectivity index (χ2v) is 6.50. The molecule has 2 rings (SSSR count). The van der Waals surface area contributed by atoms with Gasteiger partial charge >= 0.3 is 24.4 Å². The molecule has 3 nitrogen and oxygen atoms in total. The van der Waals surface area contributed by atoms with Crippen LogP contribution in [0.1, 0.15) is 16.7 Å². The Bertz CT molecular complexity index is 919. The number of hydrogen-bond acceptors (Lipinski definition) is 2. The van der Waals surface area contributed by atoms with Crippen molar-refractivity contribution in [2.75, 3.05) is 0 Å². The van der Waals surface area contributed by atoms with E-state index in [-0.39, 0.29) is 24.1 Å². The van der Waals surface area contributed by atoms with Crippen molar-refractivity contribution in [3.05, 3.63) is 65.2 Å². The van der Waals surface area contributed by atoms with Crippen molar-refractivity contribution in [3.63, 3.8) is 0 Å². The van der Waals surface area contributed by atoms with Crippen molar-refractivity contribution in [2.45, 2.75) is 37.3 Å². The molecule has 2 aromatic carbocycles. The number of carbonyl (C=O) groups excluding carboxylic acids is 1. The lowest BCUT2D eigenvalue weighted by Gasteiger charge is -2.30. The normalized spacial score (nSPS) is 13.1. The van der Waals surface area contributed by atoms with Crippen LogP contribution in [0.3, 0.4) is 0 Å². The molecule has 13 heteroatoms. The van der Waals surface area contributed by atoms with Gasteiger partial charge in [0.2, 0.25) is 5.91 Å². The molecule has 0 unspecified atom stereocenters. The van der Waals surface area contributed by atoms with Crippen molar-refractivity contribution >= 4 is 5.91 Å². The third-order valence-electron chi connectivity index (χ3n) is 4.12. The topological polar surface area (TPSA) is 38.3 Å². The van der Waals surface area contributed by atoms with Crippen molar-refractivity contribution in [1.82, 2.24) is 5.32 Å². The number of alkyl halides is 10. The Balaban J connectivity index is 2.03. The summed E-state index contributed by atoms with van der Waals surface area (Å²) in [5.41, 5.74) is -7.03. The number of carbonyl (C=O) groups is 1. The zero-order valence-electron chi connectivity index (χ0n) is 15.6. The molecule has 1 N–H and O–H groups in total. The highest BCUT2D eigenvalue weighted by molar-refractivity contribution is 5.78. The van der Waals surface area contributed by atoms with Crippen LogP contribution in [0.4, 0.5) is 43.9 Å². The first-order valence-corrected chi connectivity index (χ1v) is 8.56. The van der Waals surface area contributed by atoms with Crippen LogP contribution >= 0.6 is 0 Å². The molecule has 1 amide bonds. The lowest BCUT2D eigenvalue weighted by molar-refractivity contribution is -0.348. The first kappa shape index (κ1) is 25.3. The molecule has 32 heavy (non-hydrogen) atoms. The summed E-state index contributed by atoms with van der Waals surface area (Å²) in [5, 5.41) is 2.29. The molecule has 0 saturated heterocycles. The lowest BCUT2D eigenvalue weighted by atomic mass is 9.93. The highest BCUT2D eigenvalue weighted by Gasteiger charge is 2.73. The minimum Gasteiger partial charge on any atom is -0.406 e. The second-order valence-electron chi connectivity index (χ2n) is 6.50. The molecule has 0 saturated carbocycles. The first-order valence-electron chi connectivity index (χ1n) is 8.56. The maximum absolute atomic E-state index is 14.0. The summed E-state index contributed by atoms with van der Waals surface area (Å²) in [6.45, 7) is -0.338. The summed E-state index contributed by atoms with van der Waals surface area (Å²) in [6, 6.07) is 6.71. The van der Waals surface area contributed by atoms with Gasteiger partial charge in [0.1, 0.15) is 5.75 Å². The fraction of sp³-hybridized carbons (Fsp3) is 0.316. The number of benzene rings is 2. The maximum atomic E-state index is 14.0. The van der Waals surface area contributed by atoms with E-state index in [1.54, 1.807) is 0 Å². The van der Waals surface area contributed by atoms with Gasteiger partial charge in [0.25, 0.3) is 0 Å². The maximum Gasteiger partial charge on any atom is 0.573 e. The molecule has 2 aromatic rings. The quantitative estimate of drug-likeness (QED) is 0.540. The highest BCUT2D eigenvalue weighted by Crippen LogP contribution is 2.53. The van der Waals surface area contributed by atoms with E-state index < -0.39 is 41.6 Å². The molecule has 0 atom stereocenters. The van der Waals surface area contributed by atoms with E-state index in [1.807, 2.05) is 0 Å². The van der Waals surface area contributed by atoms with Gasteiger partial charge in [-0.15, -0.1) is 13.2 Å². The van der Waals surface area contributed by atoms with Gasteiger partial charge in [-0.25, -0.2) is 4.39 Å². The number of ether oxygens (including phenoxy) is 1. The van der Waals surface area contributed by atoms with Crippen LogP contribution < -0.4 is 10.1 Å². The minimum absolute atomic E-state index is 0.0583. The predicted octanol–water partition coefficient (Wildman–Crippen LogP) is 5.73. The van der Waals surface area contributed by atoms with E-state index >= 15 is 0 Å². The number of rotatable bonds is 6. The van der Waals surface area contributed by atoms with E-state index in [0.717, 1.165) is 24.3 Å². The van der Waals surface area contributed by atoms with E-state index in [2.05, 4.69) is 10.1 Å². The Kier molecular flexibility index (Phi) is 7.00. The van der Waals surface area contributed by atoms with Crippen molar-refractivity contribution < 1.29 is 53.4 Å². The minimum atomic E-state index is -6.24. The van der Waals surface area contributed by atoms with Gasteiger partial charge in [-0.1, -0.05) is 36.4 Å². The SMILES string of the molecule is O=C(Cc1cccc(OC(F)(F)F)c1)NCc1ccc(C(F)(C(F)(F)F)C(F)(F)F)cc1. The van der Waals surface area contributed by atoms with Crippen LogP contribution in [0.5, 0.6) is 5.75 Å². The summed E-state index contributed by atoms with van der Waals surface area (Å²) in [5.74, 6) is -1.26. The summed E-state index contributed by atoms with van der Waals surface area (Å²) in [6.07, 6.45) is -17.8. The van der Waals surface area contributed by atoms with Crippen molar-refractivity contribution in [2.24, 2.45) is 0 Å². The lowest BCUT2D eigenvalue weighted by Crippen LogP contribution is -2.50. The van der Waals surface area contributed by atoms with Gasteiger partial charge in [0, 0.05) is 12.1 Å². The van der Waals surface area contributed by atoms with Crippen LogP contribution in [0.2, 0.25) is 0 Å². The van der Waals surface area contributed by atoms with Crippen molar-refractivity contribution in [3.8, 4) is 5.75 Å². The molecule has 0 spiro atoms. The Morgan fingerprint density at radius 2 is 1.34 bits per heavy atom. The molecular formula is C19H13F10NO2. The van der Waals surface area contributed by atoms with Gasteiger partial charge in [0.05, 0.1) is 6.42 Å². The predicted molar refractivity (Wildman–Crippen MR) is 90.0 cm³/mol. The Morgan fingerprint density at radius 3 is 1.84 bits per heavy atom. The third kappa shape index (κ3) is 6.04. The van der Waals surface area contributed by atoms with Gasteiger partial charge in [-0.2, -0.15) is 26.3 Å². The number of halogens is 10. The molecule has 0 aliphatic carbocycles. The number of amides is 1. The molecule has 0 fully saturated rings. The van der Waals surface area contributed by atoms with E-state index in [1.165, 1.54) is 12.1 Å². The molecular weight excluding hydrogens is 464 g/mol. The van der Waals surface area contributed by atoms with Crippen LogP contribution in [-0.4, -0.2) is 24.6 Å². The largest absolute Gasteiger partial charge is 0.573 e. The number of nitrogens with one attached hydrogen (secondary N) is 1. The molecule has 0 bridgehead atoms. The highest BCUT2D eigenvalue weighted by atomic mass is 19.4.